The van der Waals surface area contributed by atoms with Crippen molar-refractivity contribution in [1.82, 2.24) is 4.90 Å². The molecule has 0 aromatic rings. The van der Waals surface area contributed by atoms with Crippen molar-refractivity contribution < 1.29 is 14.2 Å². The Bertz CT molecular complexity index is 480. The van der Waals surface area contributed by atoms with Crippen LogP contribution in [-0.2, 0) is 14.2 Å². The van der Waals surface area contributed by atoms with Gasteiger partial charge in [0.1, 0.15) is 6.10 Å². The highest BCUT2D eigenvalue weighted by molar-refractivity contribution is 9.09. The molecule has 2 aliphatic carbocycles. The molecule has 0 aromatic heterocycles. The molecule has 7 atom stereocenters. The molecule has 0 N–H and O–H groups in total. The zero-order valence-corrected chi connectivity index (χ0v) is 19.9. The monoisotopic (exact) mass is 507 g/mol. The zero-order chi connectivity index (χ0) is 19.0. The van der Waals surface area contributed by atoms with E-state index < -0.39 is 5.79 Å². The van der Waals surface area contributed by atoms with Gasteiger partial charge in [0, 0.05) is 34.9 Å². The minimum absolute atomic E-state index is 0.0870. The fraction of sp³-hybridized carbons (Fsp3) is 1.00. The molecule has 156 valence electrons. The third kappa shape index (κ3) is 4.93. The van der Waals surface area contributed by atoms with Crippen LogP contribution in [0.1, 0.15) is 58.8 Å². The van der Waals surface area contributed by atoms with Gasteiger partial charge in [0.2, 0.25) is 0 Å². The lowest BCUT2D eigenvalue weighted by molar-refractivity contribution is -0.145. The largest absolute Gasteiger partial charge is 0.379 e. The van der Waals surface area contributed by atoms with Crippen molar-refractivity contribution in [3.05, 3.63) is 0 Å². The van der Waals surface area contributed by atoms with Gasteiger partial charge in [-0.2, -0.15) is 0 Å². The van der Waals surface area contributed by atoms with Crippen LogP contribution < -0.4 is 0 Å². The molecule has 0 bridgehead atoms. The van der Waals surface area contributed by atoms with E-state index >= 15 is 0 Å². The van der Waals surface area contributed by atoms with Crippen molar-refractivity contribution in [2.75, 3.05) is 26.4 Å². The smallest absolute Gasteiger partial charge is 0.163 e. The number of likely N-dealkylation sites (tertiary alicyclic amines) is 1. The number of rotatable bonds is 6. The van der Waals surface area contributed by atoms with Gasteiger partial charge in [-0.05, 0) is 70.6 Å². The Morgan fingerprint density at radius 1 is 1.00 bits per heavy atom. The number of halogens is 2. The predicted molar refractivity (Wildman–Crippen MR) is 115 cm³/mol. The van der Waals surface area contributed by atoms with Gasteiger partial charge >= 0.3 is 0 Å². The van der Waals surface area contributed by atoms with Crippen molar-refractivity contribution >= 4 is 31.9 Å². The number of alkyl halides is 2. The van der Waals surface area contributed by atoms with Crippen LogP contribution in [0.2, 0.25) is 0 Å². The zero-order valence-electron chi connectivity index (χ0n) is 16.7. The molecule has 2 aliphatic heterocycles. The van der Waals surface area contributed by atoms with Gasteiger partial charge in [-0.3, -0.25) is 4.90 Å². The topological polar surface area (TPSA) is 30.9 Å². The first-order valence-electron chi connectivity index (χ1n) is 10.9. The van der Waals surface area contributed by atoms with Crippen LogP contribution in [0, 0.1) is 11.8 Å². The summed E-state index contributed by atoms with van der Waals surface area (Å²) in [5, 5.41) is 0. The van der Waals surface area contributed by atoms with Crippen LogP contribution in [0.15, 0.2) is 0 Å². The highest BCUT2D eigenvalue weighted by Gasteiger charge is 2.51. The molecule has 6 heteroatoms. The first kappa shape index (κ1) is 21.0. The molecule has 4 rings (SSSR count). The molecule has 0 spiro atoms. The van der Waals surface area contributed by atoms with E-state index in [9.17, 15) is 0 Å². The van der Waals surface area contributed by atoms with E-state index in [1.54, 1.807) is 0 Å². The summed E-state index contributed by atoms with van der Waals surface area (Å²) in [6.45, 7) is 7.25. The van der Waals surface area contributed by atoms with E-state index in [0.29, 0.717) is 13.2 Å². The maximum absolute atomic E-state index is 5.93. The Morgan fingerprint density at radius 3 is 2.19 bits per heavy atom. The van der Waals surface area contributed by atoms with Crippen molar-refractivity contribution in [1.29, 1.82) is 0 Å². The minimum atomic E-state index is -0.448. The highest BCUT2D eigenvalue weighted by atomic mass is 79.9. The lowest BCUT2D eigenvalue weighted by Crippen LogP contribution is -2.42. The lowest BCUT2D eigenvalue weighted by Gasteiger charge is -2.35. The summed E-state index contributed by atoms with van der Waals surface area (Å²) < 4.78 is 17.4. The van der Waals surface area contributed by atoms with Crippen molar-refractivity contribution in [3.63, 3.8) is 0 Å². The van der Waals surface area contributed by atoms with E-state index in [2.05, 4.69) is 36.8 Å². The van der Waals surface area contributed by atoms with Gasteiger partial charge in [-0.25, -0.2) is 0 Å². The first-order valence-corrected chi connectivity index (χ1v) is 12.7. The van der Waals surface area contributed by atoms with Crippen LogP contribution in [0.25, 0.3) is 0 Å². The maximum Gasteiger partial charge on any atom is 0.163 e. The summed E-state index contributed by atoms with van der Waals surface area (Å²) in [5.41, 5.74) is 0. The number of hydrogen-bond donors (Lipinski definition) is 0. The van der Waals surface area contributed by atoms with Crippen molar-refractivity contribution in [2.24, 2.45) is 11.8 Å². The van der Waals surface area contributed by atoms with E-state index in [-0.39, 0.29) is 6.10 Å². The second kappa shape index (κ2) is 8.89. The molecule has 2 heterocycles. The van der Waals surface area contributed by atoms with Crippen LogP contribution in [0.3, 0.4) is 0 Å². The maximum atomic E-state index is 5.93. The third-order valence-corrected chi connectivity index (χ3v) is 8.74. The molecule has 0 amide bonds. The standard InChI is InChI=1S/C21H35Br2NO3/c1-21(2)26-13-16(27-21)12-25-9-3-8-24-19-6-4-14(22)10-17(19)18-11-15(23)5-7-20(18)24/h14-20H,3-13H2,1-2H3. The summed E-state index contributed by atoms with van der Waals surface area (Å²) in [6.07, 6.45) is 9.34. The van der Waals surface area contributed by atoms with Gasteiger partial charge in [0.15, 0.2) is 5.79 Å². The number of ether oxygens (including phenoxy) is 3. The lowest BCUT2D eigenvalue weighted by atomic mass is 9.73. The fourth-order valence-corrected chi connectivity index (χ4v) is 7.39. The van der Waals surface area contributed by atoms with E-state index in [0.717, 1.165) is 46.6 Å². The SMILES string of the molecule is CC1(C)OCC(COCCCN2C3CCC(Br)CC3C3CC(Br)CCC32)O1. The molecule has 7 unspecified atom stereocenters. The molecule has 4 aliphatic rings. The Hall–Kier alpha value is 0.800. The molecule has 27 heavy (non-hydrogen) atoms. The molecule has 0 aromatic carbocycles. The summed E-state index contributed by atoms with van der Waals surface area (Å²) in [5.74, 6) is 1.33. The van der Waals surface area contributed by atoms with Gasteiger partial charge in [0.25, 0.3) is 0 Å². The molecular formula is C21H35Br2NO3. The van der Waals surface area contributed by atoms with E-state index in [1.807, 2.05) is 13.8 Å². The molecule has 2 saturated heterocycles. The van der Waals surface area contributed by atoms with Crippen molar-refractivity contribution in [3.8, 4) is 0 Å². The number of nitrogens with zero attached hydrogens (tertiary/aromatic N) is 1. The minimum Gasteiger partial charge on any atom is -0.379 e. The summed E-state index contributed by atoms with van der Waals surface area (Å²) >= 11 is 7.83. The Kier molecular flexibility index (Phi) is 6.93. The van der Waals surface area contributed by atoms with Crippen LogP contribution in [0.4, 0.5) is 0 Å². The third-order valence-electron chi connectivity index (χ3n) is 7.07. The molecule has 2 saturated carbocycles. The van der Waals surface area contributed by atoms with Crippen LogP contribution in [-0.4, -0.2) is 64.9 Å². The average Bonchev–Trinajstić information content (AvgIpc) is 3.11. The Morgan fingerprint density at radius 2 is 1.63 bits per heavy atom. The Labute approximate surface area is 181 Å². The Balaban J connectivity index is 1.25. The van der Waals surface area contributed by atoms with Gasteiger partial charge in [-0.15, -0.1) is 0 Å². The normalized spacial score (nSPS) is 44.2. The van der Waals surface area contributed by atoms with Gasteiger partial charge < -0.3 is 14.2 Å². The molecular weight excluding hydrogens is 474 g/mol. The van der Waals surface area contributed by atoms with E-state index in [1.165, 1.54) is 45.1 Å². The summed E-state index contributed by atoms with van der Waals surface area (Å²) in [7, 11) is 0. The quantitative estimate of drug-likeness (QED) is 0.383. The van der Waals surface area contributed by atoms with Gasteiger partial charge in [-0.1, -0.05) is 31.9 Å². The van der Waals surface area contributed by atoms with Crippen LogP contribution in [0.5, 0.6) is 0 Å². The van der Waals surface area contributed by atoms with Gasteiger partial charge in [0.05, 0.1) is 13.2 Å². The highest BCUT2D eigenvalue weighted by Crippen LogP contribution is 2.51. The first-order chi connectivity index (χ1) is 12.9. The molecule has 4 fully saturated rings. The van der Waals surface area contributed by atoms with E-state index in [4.69, 9.17) is 14.2 Å². The molecule has 4 nitrogen and oxygen atoms in total. The molecule has 0 radical (unpaired) electrons. The second-order valence-electron chi connectivity index (χ2n) is 9.40. The van der Waals surface area contributed by atoms with Crippen molar-refractivity contribution in [2.45, 2.75) is 92.4 Å². The number of hydrogen-bond acceptors (Lipinski definition) is 4. The summed E-state index contributed by atoms with van der Waals surface area (Å²) in [6, 6.07) is 1.61. The summed E-state index contributed by atoms with van der Waals surface area (Å²) in [4.78, 5) is 4.35. The average molecular weight is 509 g/mol. The predicted octanol–water partition coefficient (Wildman–Crippen LogP) is 4.72. The fourth-order valence-electron chi connectivity index (χ4n) is 6.00. The van der Waals surface area contributed by atoms with Crippen LogP contribution >= 0.6 is 31.9 Å². The number of fused-ring (bicyclic) bond motifs is 3. The second-order valence-corrected chi connectivity index (χ2v) is 12.0.